The fourth-order valence-electron chi connectivity index (χ4n) is 6.89. The standard InChI is InChI=1S/C33H45N3O3.ClH/c1-3-4-21-36-31(37)30(24-26-11-7-5-8-12-26)34(2)32(38)33(36)19-22-35(23-20-33)25-27-15-17-29(18-16-27)39-28-13-9-6-10-14-28;/h6,9-10,13-18,26,30H,3-5,7-8,11-12,19-25H2,1-2H3;1H/t30-;/m0./s1. The minimum atomic E-state index is -0.687. The lowest BCUT2D eigenvalue weighted by molar-refractivity contribution is -0.174. The summed E-state index contributed by atoms with van der Waals surface area (Å²) in [4.78, 5) is 34.3. The van der Waals surface area contributed by atoms with E-state index in [0.29, 0.717) is 25.3 Å². The number of nitrogens with zero attached hydrogens (tertiary/aromatic N) is 3. The number of hydrogen-bond acceptors (Lipinski definition) is 4. The number of carbonyl (C=O) groups excluding carboxylic acids is 2. The first-order valence-corrected chi connectivity index (χ1v) is 15.1. The Hall–Kier alpha value is -2.57. The van der Waals surface area contributed by atoms with Gasteiger partial charge in [-0.1, -0.05) is 75.8 Å². The molecule has 2 aromatic carbocycles. The van der Waals surface area contributed by atoms with Gasteiger partial charge in [-0.25, -0.2) is 0 Å². The van der Waals surface area contributed by atoms with Crippen LogP contribution in [0.1, 0.15) is 76.7 Å². The van der Waals surface area contributed by atoms with E-state index in [0.717, 1.165) is 50.4 Å². The van der Waals surface area contributed by atoms with E-state index in [4.69, 9.17) is 4.74 Å². The molecule has 0 unspecified atom stereocenters. The molecule has 1 spiro atoms. The quantitative estimate of drug-likeness (QED) is 0.339. The number of piperazine rings is 1. The monoisotopic (exact) mass is 567 g/mol. The number of unbranched alkanes of at least 4 members (excludes halogenated alkanes) is 1. The highest BCUT2D eigenvalue weighted by Gasteiger charge is 2.55. The summed E-state index contributed by atoms with van der Waals surface area (Å²) in [7, 11) is 1.89. The van der Waals surface area contributed by atoms with Crippen LogP contribution >= 0.6 is 12.4 Å². The summed E-state index contributed by atoms with van der Waals surface area (Å²) in [5.74, 6) is 2.58. The Bertz CT molecular complexity index is 1100. The summed E-state index contributed by atoms with van der Waals surface area (Å²) in [6.07, 6.45) is 10.4. The fourth-order valence-corrected chi connectivity index (χ4v) is 6.89. The van der Waals surface area contributed by atoms with Crippen LogP contribution in [0.15, 0.2) is 54.6 Å². The highest BCUT2D eigenvalue weighted by Crippen LogP contribution is 2.39. The van der Waals surface area contributed by atoms with Crippen molar-refractivity contribution in [3.05, 3.63) is 60.2 Å². The Morgan fingerprint density at radius 2 is 1.55 bits per heavy atom. The lowest BCUT2D eigenvalue weighted by Crippen LogP contribution is -2.73. The van der Waals surface area contributed by atoms with Crippen molar-refractivity contribution < 1.29 is 14.3 Å². The lowest BCUT2D eigenvalue weighted by atomic mass is 9.78. The number of piperidine rings is 1. The topological polar surface area (TPSA) is 53.1 Å². The molecule has 0 N–H and O–H groups in total. The van der Waals surface area contributed by atoms with Crippen LogP contribution in [0.25, 0.3) is 0 Å². The maximum absolute atomic E-state index is 14.0. The van der Waals surface area contributed by atoms with E-state index in [1.807, 2.05) is 59.3 Å². The van der Waals surface area contributed by atoms with Crippen LogP contribution in [0.4, 0.5) is 0 Å². The van der Waals surface area contributed by atoms with Crippen LogP contribution in [0, 0.1) is 5.92 Å². The third-order valence-electron chi connectivity index (χ3n) is 9.26. The van der Waals surface area contributed by atoms with Gasteiger partial charge in [0.05, 0.1) is 0 Å². The van der Waals surface area contributed by atoms with Crippen LogP contribution in [-0.2, 0) is 16.1 Å². The van der Waals surface area contributed by atoms with Gasteiger partial charge in [0.25, 0.3) is 0 Å². The summed E-state index contributed by atoms with van der Waals surface area (Å²) < 4.78 is 5.94. The second kappa shape index (κ2) is 13.9. The molecule has 2 amide bonds. The Morgan fingerprint density at radius 1 is 0.900 bits per heavy atom. The smallest absolute Gasteiger partial charge is 0.249 e. The molecule has 40 heavy (non-hydrogen) atoms. The van der Waals surface area contributed by atoms with Gasteiger partial charge in [0, 0.05) is 33.2 Å². The average Bonchev–Trinajstić information content (AvgIpc) is 2.97. The number of benzene rings is 2. The number of carbonyl (C=O) groups is 2. The minimum absolute atomic E-state index is 0. The normalized spacial score (nSPS) is 21.9. The molecule has 2 saturated heterocycles. The van der Waals surface area contributed by atoms with Gasteiger partial charge in [0.1, 0.15) is 23.1 Å². The highest BCUT2D eigenvalue weighted by atomic mass is 35.5. The molecule has 3 fully saturated rings. The van der Waals surface area contributed by atoms with Crippen molar-refractivity contribution in [2.75, 3.05) is 26.7 Å². The van der Waals surface area contributed by atoms with Crippen LogP contribution in [0.5, 0.6) is 11.5 Å². The van der Waals surface area contributed by atoms with Crippen molar-refractivity contribution in [1.29, 1.82) is 0 Å². The van der Waals surface area contributed by atoms with Crippen molar-refractivity contribution in [2.24, 2.45) is 5.92 Å². The van der Waals surface area contributed by atoms with Crippen molar-refractivity contribution >= 4 is 24.2 Å². The number of likely N-dealkylation sites (tertiary alicyclic amines) is 1. The third kappa shape index (κ3) is 6.66. The van der Waals surface area contributed by atoms with Crippen LogP contribution in [-0.4, -0.2) is 64.8 Å². The zero-order valence-corrected chi connectivity index (χ0v) is 25.0. The molecule has 6 nitrogen and oxygen atoms in total. The number of hydrogen-bond donors (Lipinski definition) is 0. The fraction of sp³-hybridized carbons (Fsp3) is 0.576. The Balaban J connectivity index is 0.00000370. The molecule has 218 valence electrons. The Kier molecular flexibility index (Phi) is 10.5. The van der Waals surface area contributed by atoms with E-state index in [-0.39, 0.29) is 30.3 Å². The van der Waals surface area contributed by atoms with Crippen molar-refractivity contribution in [3.8, 4) is 11.5 Å². The van der Waals surface area contributed by atoms with Gasteiger partial charge < -0.3 is 14.5 Å². The molecular weight excluding hydrogens is 522 g/mol. The number of ether oxygens (including phenoxy) is 1. The van der Waals surface area contributed by atoms with Crippen molar-refractivity contribution in [3.63, 3.8) is 0 Å². The molecule has 0 bridgehead atoms. The van der Waals surface area contributed by atoms with Gasteiger partial charge in [0.2, 0.25) is 11.8 Å². The van der Waals surface area contributed by atoms with Gasteiger partial charge in [-0.3, -0.25) is 14.5 Å². The van der Waals surface area contributed by atoms with E-state index in [9.17, 15) is 9.59 Å². The molecule has 3 aliphatic rings. The first-order valence-electron chi connectivity index (χ1n) is 15.1. The van der Waals surface area contributed by atoms with E-state index in [1.165, 1.54) is 37.7 Å². The average molecular weight is 568 g/mol. The maximum atomic E-state index is 14.0. The molecule has 1 aliphatic carbocycles. The second-order valence-electron chi connectivity index (χ2n) is 11.9. The van der Waals surface area contributed by atoms with Crippen LogP contribution in [0.2, 0.25) is 0 Å². The molecule has 0 aromatic heterocycles. The van der Waals surface area contributed by atoms with Gasteiger partial charge in [-0.15, -0.1) is 12.4 Å². The van der Waals surface area contributed by atoms with Crippen LogP contribution in [0.3, 0.4) is 0 Å². The summed E-state index contributed by atoms with van der Waals surface area (Å²) in [5.41, 5.74) is 0.540. The maximum Gasteiger partial charge on any atom is 0.249 e. The van der Waals surface area contributed by atoms with Crippen molar-refractivity contribution in [2.45, 2.75) is 89.3 Å². The molecule has 0 radical (unpaired) electrons. The van der Waals surface area contributed by atoms with E-state index in [2.05, 4.69) is 24.0 Å². The van der Waals surface area contributed by atoms with E-state index < -0.39 is 5.54 Å². The largest absolute Gasteiger partial charge is 0.457 e. The van der Waals surface area contributed by atoms with E-state index in [1.54, 1.807) is 0 Å². The van der Waals surface area contributed by atoms with Crippen molar-refractivity contribution in [1.82, 2.24) is 14.7 Å². The molecule has 2 aliphatic heterocycles. The van der Waals surface area contributed by atoms with Crippen LogP contribution < -0.4 is 4.74 Å². The summed E-state index contributed by atoms with van der Waals surface area (Å²) in [6, 6.07) is 17.8. The summed E-state index contributed by atoms with van der Waals surface area (Å²) in [5, 5.41) is 0. The summed E-state index contributed by atoms with van der Waals surface area (Å²) >= 11 is 0. The molecule has 5 rings (SSSR count). The number of amides is 2. The molecular formula is C33H46ClN3O3. The predicted molar refractivity (Wildman–Crippen MR) is 162 cm³/mol. The number of para-hydroxylation sites is 1. The van der Waals surface area contributed by atoms with Gasteiger partial charge >= 0.3 is 0 Å². The Labute approximate surface area is 246 Å². The lowest BCUT2D eigenvalue weighted by Gasteiger charge is -2.54. The molecule has 1 atom stereocenters. The van der Waals surface area contributed by atoms with Gasteiger partial charge in [-0.05, 0) is 61.4 Å². The second-order valence-corrected chi connectivity index (χ2v) is 11.9. The predicted octanol–water partition coefficient (Wildman–Crippen LogP) is 6.68. The zero-order chi connectivity index (χ0) is 27.2. The first kappa shape index (κ1) is 30.4. The van der Waals surface area contributed by atoms with Gasteiger partial charge in [0.15, 0.2) is 0 Å². The zero-order valence-electron chi connectivity index (χ0n) is 24.2. The highest BCUT2D eigenvalue weighted by molar-refractivity contribution is 5.99. The molecule has 2 aromatic rings. The SMILES string of the molecule is CCCCN1C(=O)[C@H](CC2CCCCC2)N(C)C(=O)C12CCN(Cc1ccc(Oc3ccccc3)cc1)CC2.Cl. The minimum Gasteiger partial charge on any atom is -0.457 e. The molecule has 7 heteroatoms. The number of rotatable bonds is 9. The molecule has 2 heterocycles. The van der Waals surface area contributed by atoms with Gasteiger partial charge in [-0.2, -0.15) is 0 Å². The summed E-state index contributed by atoms with van der Waals surface area (Å²) in [6.45, 7) is 5.31. The Morgan fingerprint density at radius 3 is 2.20 bits per heavy atom. The number of halogens is 1. The third-order valence-corrected chi connectivity index (χ3v) is 9.26. The first-order chi connectivity index (χ1) is 19.0. The molecule has 1 saturated carbocycles. The number of likely N-dealkylation sites (N-methyl/N-ethyl adjacent to an activating group) is 1. The van der Waals surface area contributed by atoms with E-state index >= 15 is 0 Å².